The Hall–Kier alpha value is -3.75. The molecule has 0 unspecified atom stereocenters. The molecule has 9 nitrogen and oxygen atoms in total. The third-order valence-corrected chi connectivity index (χ3v) is 5.16. The average molecular weight is 420 g/mol. The van der Waals surface area contributed by atoms with Gasteiger partial charge in [-0.3, -0.25) is 4.79 Å². The van der Waals surface area contributed by atoms with E-state index in [2.05, 4.69) is 20.0 Å². The molecule has 9 heteroatoms. The van der Waals surface area contributed by atoms with E-state index in [4.69, 9.17) is 4.74 Å². The monoisotopic (exact) mass is 420 g/mol. The number of pyridine rings is 1. The molecule has 1 saturated heterocycles. The molecule has 0 bridgehead atoms. The van der Waals surface area contributed by atoms with E-state index in [0.29, 0.717) is 37.4 Å². The molecule has 1 fully saturated rings. The van der Waals surface area contributed by atoms with E-state index in [1.165, 1.54) is 12.5 Å². The summed E-state index contributed by atoms with van der Waals surface area (Å²) in [5, 5.41) is 4.10. The number of hydrogen-bond donors (Lipinski definition) is 0. The van der Waals surface area contributed by atoms with E-state index in [-0.39, 0.29) is 11.9 Å². The highest BCUT2D eigenvalue weighted by molar-refractivity contribution is 5.94. The predicted molar refractivity (Wildman–Crippen MR) is 114 cm³/mol. The maximum atomic E-state index is 13.0. The smallest absolute Gasteiger partial charge is 0.339 e. The van der Waals surface area contributed by atoms with Gasteiger partial charge in [-0.15, -0.1) is 0 Å². The Morgan fingerprint density at radius 3 is 2.48 bits per heavy atom. The normalized spacial score (nSPS) is 14.2. The van der Waals surface area contributed by atoms with Crippen LogP contribution in [0.3, 0.4) is 0 Å². The molecule has 0 atom stereocenters. The summed E-state index contributed by atoms with van der Waals surface area (Å²) >= 11 is 0. The fourth-order valence-corrected chi connectivity index (χ4v) is 3.54. The molecule has 1 aliphatic heterocycles. The molecule has 4 rings (SSSR count). The Balaban J connectivity index is 1.38. The van der Waals surface area contributed by atoms with Gasteiger partial charge in [0.2, 0.25) is 0 Å². The van der Waals surface area contributed by atoms with Gasteiger partial charge in [-0.05, 0) is 49.7 Å². The van der Waals surface area contributed by atoms with Gasteiger partial charge in [-0.25, -0.2) is 19.4 Å². The molecule has 0 radical (unpaired) electrons. The largest absolute Gasteiger partial charge is 0.462 e. The van der Waals surface area contributed by atoms with E-state index < -0.39 is 0 Å². The SMILES string of the molecule is CCOC(=O)c1ccc(N2CCCN(C(=O)c3ccc(-n4cncn4)cc3)CC2)nc1. The maximum absolute atomic E-state index is 13.0. The number of anilines is 1. The third-order valence-electron chi connectivity index (χ3n) is 5.16. The van der Waals surface area contributed by atoms with Crippen molar-refractivity contribution in [1.82, 2.24) is 24.6 Å². The van der Waals surface area contributed by atoms with Gasteiger partial charge in [0.25, 0.3) is 5.91 Å². The van der Waals surface area contributed by atoms with Gasteiger partial charge >= 0.3 is 5.97 Å². The molecule has 1 aliphatic rings. The zero-order valence-electron chi connectivity index (χ0n) is 17.3. The molecule has 1 amide bonds. The summed E-state index contributed by atoms with van der Waals surface area (Å²) in [7, 11) is 0. The first-order chi connectivity index (χ1) is 15.2. The topological polar surface area (TPSA) is 93.5 Å². The van der Waals surface area contributed by atoms with E-state index >= 15 is 0 Å². The molecule has 0 saturated carbocycles. The van der Waals surface area contributed by atoms with Crippen molar-refractivity contribution in [2.45, 2.75) is 13.3 Å². The summed E-state index contributed by atoms with van der Waals surface area (Å²) in [6.07, 6.45) is 5.47. The van der Waals surface area contributed by atoms with Crippen LogP contribution in [-0.4, -0.2) is 69.3 Å². The van der Waals surface area contributed by atoms with Crippen molar-refractivity contribution in [2.24, 2.45) is 0 Å². The molecule has 31 heavy (non-hydrogen) atoms. The number of nitrogens with zero attached hydrogens (tertiary/aromatic N) is 6. The van der Waals surface area contributed by atoms with Crippen LogP contribution in [0.4, 0.5) is 5.82 Å². The van der Waals surface area contributed by atoms with Crippen LogP contribution < -0.4 is 4.90 Å². The van der Waals surface area contributed by atoms with Crippen molar-refractivity contribution >= 4 is 17.7 Å². The quantitative estimate of drug-likeness (QED) is 0.584. The van der Waals surface area contributed by atoms with E-state index in [9.17, 15) is 9.59 Å². The van der Waals surface area contributed by atoms with Crippen molar-refractivity contribution < 1.29 is 14.3 Å². The van der Waals surface area contributed by atoms with Crippen LogP contribution in [-0.2, 0) is 4.74 Å². The highest BCUT2D eigenvalue weighted by Crippen LogP contribution is 2.17. The number of amides is 1. The van der Waals surface area contributed by atoms with E-state index in [0.717, 1.165) is 24.5 Å². The molecule has 3 aromatic rings. The molecule has 0 N–H and O–H groups in total. The van der Waals surface area contributed by atoms with Crippen molar-refractivity contribution in [1.29, 1.82) is 0 Å². The number of rotatable bonds is 5. The van der Waals surface area contributed by atoms with Crippen LogP contribution in [0.15, 0.2) is 55.2 Å². The van der Waals surface area contributed by atoms with Crippen LogP contribution in [0, 0.1) is 0 Å². The second kappa shape index (κ2) is 9.38. The zero-order valence-corrected chi connectivity index (χ0v) is 17.3. The van der Waals surface area contributed by atoms with Gasteiger partial charge in [0.1, 0.15) is 18.5 Å². The molecule has 0 aliphatic carbocycles. The molecule has 3 heterocycles. The first-order valence-corrected chi connectivity index (χ1v) is 10.3. The number of benzene rings is 1. The van der Waals surface area contributed by atoms with Crippen molar-refractivity contribution in [2.75, 3.05) is 37.7 Å². The standard InChI is InChI=1S/C22H24N6O3/c1-2-31-22(30)18-6-9-20(24-14-18)26-10-3-11-27(13-12-26)21(29)17-4-7-19(8-5-17)28-16-23-15-25-28/h4-9,14-16H,2-3,10-13H2,1H3. The molecular formula is C22H24N6O3. The molecule has 0 spiro atoms. The van der Waals surface area contributed by atoms with Crippen LogP contribution in [0.1, 0.15) is 34.1 Å². The molecular weight excluding hydrogens is 396 g/mol. The Kier molecular flexibility index (Phi) is 6.21. The summed E-state index contributed by atoms with van der Waals surface area (Å²) in [4.78, 5) is 37.1. The lowest BCUT2D eigenvalue weighted by Crippen LogP contribution is -2.35. The van der Waals surface area contributed by atoms with Gasteiger partial charge in [0, 0.05) is 37.9 Å². The Bertz CT molecular complexity index is 1020. The van der Waals surface area contributed by atoms with Crippen molar-refractivity contribution in [3.8, 4) is 5.69 Å². The zero-order chi connectivity index (χ0) is 21.6. The fourth-order valence-electron chi connectivity index (χ4n) is 3.54. The average Bonchev–Trinajstić information content (AvgIpc) is 3.24. The minimum absolute atomic E-state index is 0.0117. The minimum Gasteiger partial charge on any atom is -0.462 e. The van der Waals surface area contributed by atoms with Crippen molar-refractivity contribution in [3.05, 3.63) is 66.4 Å². The van der Waals surface area contributed by atoms with Gasteiger partial charge < -0.3 is 14.5 Å². The predicted octanol–water partition coefficient (Wildman–Crippen LogP) is 2.19. The lowest BCUT2D eigenvalue weighted by molar-refractivity contribution is 0.0525. The van der Waals surface area contributed by atoms with Crippen LogP contribution >= 0.6 is 0 Å². The number of aromatic nitrogens is 4. The molecule has 2 aromatic heterocycles. The van der Waals surface area contributed by atoms with Gasteiger partial charge in [-0.1, -0.05) is 0 Å². The lowest BCUT2D eigenvalue weighted by atomic mass is 10.1. The van der Waals surface area contributed by atoms with Crippen LogP contribution in [0.5, 0.6) is 0 Å². The second-order valence-corrected chi connectivity index (χ2v) is 7.15. The van der Waals surface area contributed by atoms with Crippen LogP contribution in [0.25, 0.3) is 5.69 Å². The number of esters is 1. The number of carbonyl (C=O) groups excluding carboxylic acids is 2. The van der Waals surface area contributed by atoms with Gasteiger partial charge in [-0.2, -0.15) is 5.10 Å². The first-order valence-electron chi connectivity index (χ1n) is 10.3. The first kappa shape index (κ1) is 20.5. The van der Waals surface area contributed by atoms with Crippen LogP contribution in [0.2, 0.25) is 0 Å². The third kappa shape index (κ3) is 4.71. The second-order valence-electron chi connectivity index (χ2n) is 7.15. The van der Waals surface area contributed by atoms with Crippen molar-refractivity contribution in [3.63, 3.8) is 0 Å². The Labute approximate surface area is 180 Å². The fraction of sp³-hybridized carbons (Fsp3) is 0.318. The van der Waals surface area contributed by atoms with Gasteiger partial charge in [0.15, 0.2) is 0 Å². The highest BCUT2D eigenvalue weighted by Gasteiger charge is 2.21. The Morgan fingerprint density at radius 2 is 1.81 bits per heavy atom. The van der Waals surface area contributed by atoms with E-state index in [1.807, 2.05) is 35.2 Å². The number of hydrogen-bond acceptors (Lipinski definition) is 7. The number of carbonyl (C=O) groups is 2. The summed E-state index contributed by atoms with van der Waals surface area (Å²) in [5.74, 6) is 0.432. The highest BCUT2D eigenvalue weighted by atomic mass is 16.5. The van der Waals surface area contributed by atoms with Gasteiger partial charge in [0.05, 0.1) is 17.9 Å². The maximum Gasteiger partial charge on any atom is 0.339 e. The summed E-state index contributed by atoms with van der Waals surface area (Å²) < 4.78 is 6.65. The summed E-state index contributed by atoms with van der Waals surface area (Å²) in [6.45, 7) is 4.86. The Morgan fingerprint density at radius 1 is 1.00 bits per heavy atom. The molecule has 160 valence electrons. The van der Waals surface area contributed by atoms with E-state index in [1.54, 1.807) is 24.0 Å². The number of ether oxygens (including phenoxy) is 1. The molecule has 1 aromatic carbocycles. The summed E-state index contributed by atoms with van der Waals surface area (Å²) in [6, 6.07) is 10.9. The summed E-state index contributed by atoms with van der Waals surface area (Å²) in [5.41, 5.74) is 1.94. The minimum atomic E-state index is -0.371. The lowest BCUT2D eigenvalue weighted by Gasteiger charge is -2.23.